The van der Waals surface area contributed by atoms with Crippen LogP contribution in [0.2, 0.25) is 0 Å². The van der Waals surface area contributed by atoms with Crippen LogP contribution in [0.15, 0.2) is 30.3 Å². The summed E-state index contributed by atoms with van der Waals surface area (Å²) in [7, 11) is 0. The second-order valence-electron chi connectivity index (χ2n) is 3.87. The normalized spacial score (nSPS) is 14.4. The molecule has 0 spiro atoms. The van der Waals surface area contributed by atoms with Gasteiger partial charge >= 0.3 is 5.97 Å². The van der Waals surface area contributed by atoms with Crippen molar-refractivity contribution in [1.82, 2.24) is 0 Å². The summed E-state index contributed by atoms with van der Waals surface area (Å²) in [5, 5.41) is 9.22. The highest BCUT2D eigenvalue weighted by molar-refractivity contribution is 8.01. The topological polar surface area (TPSA) is 37.3 Å². The van der Waals surface area contributed by atoms with E-state index in [4.69, 9.17) is 5.11 Å². The Hall–Kier alpha value is -0.960. The quantitative estimate of drug-likeness (QED) is 0.827. The van der Waals surface area contributed by atoms with Crippen molar-refractivity contribution < 1.29 is 9.90 Å². The van der Waals surface area contributed by atoms with Gasteiger partial charge in [0.25, 0.3) is 0 Å². The monoisotopic (exact) mass is 238 g/mol. The van der Waals surface area contributed by atoms with Gasteiger partial charge in [-0.05, 0) is 18.4 Å². The van der Waals surface area contributed by atoms with Gasteiger partial charge in [0.05, 0.1) is 0 Å². The number of hydrogen-bond donors (Lipinski definition) is 1. The van der Waals surface area contributed by atoms with Gasteiger partial charge < -0.3 is 5.11 Å². The number of benzene rings is 1. The van der Waals surface area contributed by atoms with Crippen molar-refractivity contribution in [3.05, 3.63) is 35.9 Å². The molecule has 1 aromatic carbocycles. The van der Waals surface area contributed by atoms with Crippen LogP contribution >= 0.6 is 11.8 Å². The van der Waals surface area contributed by atoms with Crippen molar-refractivity contribution in [3.8, 4) is 0 Å². The van der Waals surface area contributed by atoms with E-state index in [1.165, 1.54) is 0 Å². The fourth-order valence-electron chi connectivity index (χ4n) is 1.40. The molecule has 2 nitrogen and oxygen atoms in total. The Morgan fingerprint density at radius 2 is 2.00 bits per heavy atom. The molecular formula is C13H18O2S. The standard InChI is InChI=1S/C13H18O2S/c1-3-10(2)16-12(13(14)15)9-11-7-5-4-6-8-11/h4-8,10,12H,3,9H2,1-2H3,(H,14,15). The fourth-order valence-corrected chi connectivity index (χ4v) is 2.56. The van der Waals surface area contributed by atoms with Gasteiger partial charge in [-0.3, -0.25) is 4.79 Å². The van der Waals surface area contributed by atoms with Gasteiger partial charge in [-0.15, -0.1) is 11.8 Å². The Bertz CT molecular complexity index is 324. The van der Waals surface area contributed by atoms with Crippen LogP contribution in [0.3, 0.4) is 0 Å². The van der Waals surface area contributed by atoms with Gasteiger partial charge in [0.2, 0.25) is 0 Å². The first kappa shape index (κ1) is 13.1. The largest absolute Gasteiger partial charge is 0.480 e. The average molecular weight is 238 g/mol. The summed E-state index contributed by atoms with van der Waals surface area (Å²) in [4.78, 5) is 11.1. The van der Waals surface area contributed by atoms with Crippen LogP contribution in [0.25, 0.3) is 0 Å². The molecule has 0 saturated carbocycles. The summed E-state index contributed by atoms with van der Waals surface area (Å²) in [6.45, 7) is 4.16. The third kappa shape index (κ3) is 4.27. The maximum Gasteiger partial charge on any atom is 0.316 e. The molecule has 16 heavy (non-hydrogen) atoms. The zero-order valence-corrected chi connectivity index (χ0v) is 10.5. The molecule has 0 aromatic heterocycles. The van der Waals surface area contributed by atoms with Crippen molar-refractivity contribution >= 4 is 17.7 Å². The average Bonchev–Trinajstić information content (AvgIpc) is 2.29. The van der Waals surface area contributed by atoms with E-state index in [0.717, 1.165) is 12.0 Å². The Morgan fingerprint density at radius 1 is 1.38 bits per heavy atom. The van der Waals surface area contributed by atoms with Gasteiger partial charge in [0.1, 0.15) is 5.25 Å². The number of hydrogen-bond acceptors (Lipinski definition) is 2. The predicted octanol–water partition coefficient (Wildman–Crippen LogP) is 3.21. The third-order valence-corrected chi connectivity index (χ3v) is 4.01. The molecule has 2 atom stereocenters. The molecule has 1 aromatic rings. The Balaban J connectivity index is 2.62. The van der Waals surface area contributed by atoms with E-state index in [0.29, 0.717) is 11.7 Å². The molecule has 0 amide bonds. The zero-order chi connectivity index (χ0) is 12.0. The molecule has 3 heteroatoms. The van der Waals surface area contributed by atoms with Gasteiger partial charge in [-0.25, -0.2) is 0 Å². The van der Waals surface area contributed by atoms with Crippen LogP contribution in [0.4, 0.5) is 0 Å². The highest BCUT2D eigenvalue weighted by Crippen LogP contribution is 2.23. The third-order valence-electron chi connectivity index (χ3n) is 2.51. The van der Waals surface area contributed by atoms with E-state index in [1.807, 2.05) is 30.3 Å². The Morgan fingerprint density at radius 3 is 2.50 bits per heavy atom. The minimum atomic E-state index is -0.714. The first-order valence-electron chi connectivity index (χ1n) is 5.55. The van der Waals surface area contributed by atoms with Crippen molar-refractivity contribution in [1.29, 1.82) is 0 Å². The lowest BCUT2D eigenvalue weighted by atomic mass is 10.1. The lowest BCUT2D eigenvalue weighted by Gasteiger charge is -2.16. The van der Waals surface area contributed by atoms with E-state index in [1.54, 1.807) is 11.8 Å². The number of aliphatic carboxylic acids is 1. The highest BCUT2D eigenvalue weighted by atomic mass is 32.2. The second-order valence-corrected chi connectivity index (χ2v) is 5.52. The maximum absolute atomic E-state index is 11.1. The maximum atomic E-state index is 11.1. The summed E-state index contributed by atoms with van der Waals surface area (Å²) >= 11 is 1.55. The minimum absolute atomic E-state index is 0.336. The lowest BCUT2D eigenvalue weighted by molar-refractivity contribution is -0.136. The van der Waals surface area contributed by atoms with E-state index < -0.39 is 5.97 Å². The number of carboxylic acids is 1. The molecular weight excluding hydrogens is 220 g/mol. The highest BCUT2D eigenvalue weighted by Gasteiger charge is 2.20. The van der Waals surface area contributed by atoms with Gasteiger partial charge in [0, 0.05) is 5.25 Å². The number of carboxylic acid groups (broad SMARTS) is 1. The zero-order valence-electron chi connectivity index (χ0n) is 9.72. The SMILES string of the molecule is CCC(C)SC(Cc1ccccc1)C(=O)O. The van der Waals surface area contributed by atoms with Gasteiger partial charge in [-0.1, -0.05) is 44.2 Å². The molecule has 0 aliphatic carbocycles. The molecule has 0 heterocycles. The first-order chi connectivity index (χ1) is 7.63. The summed E-state index contributed by atoms with van der Waals surface area (Å²) in [6.07, 6.45) is 1.61. The Labute approximate surface area is 101 Å². The van der Waals surface area contributed by atoms with Crippen molar-refractivity contribution in [2.24, 2.45) is 0 Å². The summed E-state index contributed by atoms with van der Waals surface area (Å²) in [5.74, 6) is -0.714. The van der Waals surface area contributed by atoms with Gasteiger partial charge in [0.15, 0.2) is 0 Å². The molecule has 0 aliphatic heterocycles. The molecule has 1 rings (SSSR count). The van der Waals surface area contributed by atoms with Crippen molar-refractivity contribution in [2.75, 3.05) is 0 Å². The van der Waals surface area contributed by atoms with E-state index in [2.05, 4.69) is 13.8 Å². The summed E-state index contributed by atoms with van der Waals surface area (Å²) in [5.41, 5.74) is 1.09. The number of carbonyl (C=O) groups is 1. The van der Waals surface area contributed by atoms with Crippen LogP contribution in [-0.4, -0.2) is 21.6 Å². The van der Waals surface area contributed by atoms with Crippen LogP contribution < -0.4 is 0 Å². The molecule has 0 bridgehead atoms. The molecule has 1 N–H and O–H groups in total. The smallest absolute Gasteiger partial charge is 0.316 e. The van der Waals surface area contributed by atoms with Crippen LogP contribution in [-0.2, 0) is 11.2 Å². The summed E-state index contributed by atoms with van der Waals surface area (Å²) in [6, 6.07) is 9.80. The molecule has 0 aliphatic rings. The lowest BCUT2D eigenvalue weighted by Crippen LogP contribution is -2.21. The van der Waals surface area contributed by atoms with Crippen molar-refractivity contribution in [2.45, 2.75) is 37.2 Å². The number of rotatable bonds is 6. The van der Waals surface area contributed by atoms with E-state index in [9.17, 15) is 4.79 Å². The molecule has 0 radical (unpaired) electrons. The van der Waals surface area contributed by atoms with Crippen LogP contribution in [0.5, 0.6) is 0 Å². The van der Waals surface area contributed by atoms with E-state index >= 15 is 0 Å². The summed E-state index contributed by atoms with van der Waals surface area (Å²) < 4.78 is 0. The second kappa shape index (κ2) is 6.59. The first-order valence-corrected chi connectivity index (χ1v) is 6.50. The number of thioether (sulfide) groups is 1. The van der Waals surface area contributed by atoms with E-state index in [-0.39, 0.29) is 5.25 Å². The fraction of sp³-hybridized carbons (Fsp3) is 0.462. The van der Waals surface area contributed by atoms with Crippen LogP contribution in [0, 0.1) is 0 Å². The molecule has 2 unspecified atom stereocenters. The molecule has 88 valence electrons. The molecule has 0 saturated heterocycles. The van der Waals surface area contributed by atoms with Crippen molar-refractivity contribution in [3.63, 3.8) is 0 Å². The predicted molar refractivity (Wildman–Crippen MR) is 68.9 cm³/mol. The molecule has 0 fully saturated rings. The minimum Gasteiger partial charge on any atom is -0.480 e. The van der Waals surface area contributed by atoms with Gasteiger partial charge in [-0.2, -0.15) is 0 Å². The Kier molecular flexibility index (Phi) is 5.39. The van der Waals surface area contributed by atoms with Crippen LogP contribution in [0.1, 0.15) is 25.8 Å².